The van der Waals surface area contributed by atoms with Gasteiger partial charge in [0.2, 0.25) is 0 Å². The summed E-state index contributed by atoms with van der Waals surface area (Å²) in [5.41, 5.74) is 1.05. The van der Waals surface area contributed by atoms with Crippen LogP contribution in [0.3, 0.4) is 0 Å². The molecule has 1 aromatic rings. The molecule has 0 atom stereocenters. The Balaban J connectivity index is 3.35. The van der Waals surface area contributed by atoms with Crippen molar-refractivity contribution >= 4 is 5.78 Å². The number of Topliss-reactive ketones (excluding diaryl/α,β-unsaturated/α-hetero) is 1. The molecule has 1 rings (SSSR count). The lowest BCUT2D eigenvalue weighted by molar-refractivity contribution is 0.101. The number of ketones is 1. The second-order valence-electron chi connectivity index (χ2n) is 3.07. The van der Waals surface area contributed by atoms with Crippen LogP contribution in [0.5, 0.6) is 11.5 Å². The molecule has 1 N–H and O–H groups in total. The Morgan fingerprint density at radius 1 is 1.27 bits per heavy atom. The van der Waals surface area contributed by atoms with Crippen molar-refractivity contribution < 1.29 is 19.4 Å². The average Bonchev–Trinajstić information content (AvgIpc) is 2.26. The third-order valence-corrected chi connectivity index (χ3v) is 2.17. The summed E-state index contributed by atoms with van der Waals surface area (Å²) in [5, 5.41) is 9.15. The first-order valence-corrected chi connectivity index (χ1v) is 4.50. The third-order valence-electron chi connectivity index (χ3n) is 2.17. The van der Waals surface area contributed by atoms with E-state index >= 15 is 0 Å². The van der Waals surface area contributed by atoms with Gasteiger partial charge in [0.25, 0.3) is 0 Å². The molecule has 0 aliphatic heterocycles. The van der Waals surface area contributed by atoms with Gasteiger partial charge < -0.3 is 14.6 Å². The van der Waals surface area contributed by atoms with E-state index in [9.17, 15) is 4.79 Å². The van der Waals surface area contributed by atoms with Crippen LogP contribution < -0.4 is 9.47 Å². The molecule has 1 aromatic carbocycles. The first kappa shape index (κ1) is 11.5. The van der Waals surface area contributed by atoms with Gasteiger partial charge in [0, 0.05) is 5.56 Å². The smallest absolute Gasteiger partial charge is 0.160 e. The lowest BCUT2D eigenvalue weighted by Crippen LogP contribution is -2.01. The number of rotatable bonds is 4. The van der Waals surface area contributed by atoms with E-state index in [4.69, 9.17) is 14.6 Å². The minimum atomic E-state index is -0.190. The van der Waals surface area contributed by atoms with E-state index in [1.807, 2.05) is 0 Å². The van der Waals surface area contributed by atoms with Gasteiger partial charge in [0.15, 0.2) is 5.78 Å². The van der Waals surface area contributed by atoms with E-state index in [0.717, 1.165) is 0 Å². The summed E-state index contributed by atoms with van der Waals surface area (Å²) >= 11 is 0. The topological polar surface area (TPSA) is 55.8 Å². The zero-order valence-electron chi connectivity index (χ0n) is 9.03. The molecule has 0 saturated carbocycles. The van der Waals surface area contributed by atoms with Crippen molar-refractivity contribution in [3.05, 3.63) is 23.3 Å². The highest BCUT2D eigenvalue weighted by Crippen LogP contribution is 2.30. The average molecular weight is 210 g/mol. The molecule has 15 heavy (non-hydrogen) atoms. The Hall–Kier alpha value is -1.55. The predicted molar refractivity (Wildman–Crippen MR) is 55.5 cm³/mol. The van der Waals surface area contributed by atoms with Crippen molar-refractivity contribution in [2.24, 2.45) is 0 Å². The van der Waals surface area contributed by atoms with E-state index in [1.165, 1.54) is 21.1 Å². The molecule has 0 aromatic heterocycles. The second-order valence-corrected chi connectivity index (χ2v) is 3.07. The second kappa shape index (κ2) is 4.79. The van der Waals surface area contributed by atoms with Gasteiger partial charge >= 0.3 is 0 Å². The van der Waals surface area contributed by atoms with E-state index in [2.05, 4.69) is 0 Å². The highest BCUT2D eigenvalue weighted by Gasteiger charge is 2.13. The molecular formula is C11H14O4. The fourth-order valence-electron chi connectivity index (χ4n) is 1.34. The molecule has 0 bridgehead atoms. The van der Waals surface area contributed by atoms with Gasteiger partial charge in [-0.2, -0.15) is 0 Å². The molecule has 82 valence electrons. The minimum absolute atomic E-state index is 0.0731. The maximum absolute atomic E-state index is 11.2. The fraction of sp³-hybridized carbons (Fsp3) is 0.364. The summed E-state index contributed by atoms with van der Waals surface area (Å²) in [4.78, 5) is 11.2. The molecular weight excluding hydrogens is 196 g/mol. The Morgan fingerprint density at radius 3 is 2.00 bits per heavy atom. The maximum Gasteiger partial charge on any atom is 0.160 e. The number of carbonyl (C=O) groups excluding carboxylic acids is 1. The Bertz CT molecular complexity index is 346. The normalized spacial score (nSPS) is 9.87. The van der Waals surface area contributed by atoms with Crippen LogP contribution in [0.4, 0.5) is 0 Å². The molecule has 0 aliphatic rings. The van der Waals surface area contributed by atoms with Crippen LogP contribution in [0, 0.1) is 0 Å². The molecule has 0 fully saturated rings. The quantitative estimate of drug-likeness (QED) is 0.763. The first-order valence-electron chi connectivity index (χ1n) is 4.50. The zero-order chi connectivity index (χ0) is 11.4. The molecule has 0 unspecified atom stereocenters. The molecule has 0 spiro atoms. The van der Waals surface area contributed by atoms with Crippen molar-refractivity contribution in [1.29, 1.82) is 0 Å². The summed E-state index contributed by atoms with van der Waals surface area (Å²) in [5.74, 6) is 0.847. The van der Waals surface area contributed by atoms with Crippen LogP contribution in [0.1, 0.15) is 22.8 Å². The summed E-state index contributed by atoms with van der Waals surface area (Å²) in [6.07, 6.45) is 0. The standard InChI is InChI=1S/C11H14O4/c1-7(13)8-4-10(14-2)9(6-12)11(5-8)15-3/h4-5,12H,6H2,1-3H3. The Kier molecular flexibility index (Phi) is 3.68. The van der Waals surface area contributed by atoms with Crippen LogP contribution in [-0.4, -0.2) is 25.1 Å². The summed E-state index contributed by atoms with van der Waals surface area (Å²) < 4.78 is 10.2. The van der Waals surface area contributed by atoms with E-state index in [1.54, 1.807) is 12.1 Å². The predicted octanol–water partition coefficient (Wildman–Crippen LogP) is 1.40. The van der Waals surface area contributed by atoms with Gasteiger partial charge in [-0.25, -0.2) is 0 Å². The summed E-state index contributed by atoms with van der Waals surface area (Å²) in [7, 11) is 2.97. The van der Waals surface area contributed by atoms with Crippen LogP contribution in [0.15, 0.2) is 12.1 Å². The largest absolute Gasteiger partial charge is 0.496 e. The van der Waals surface area contributed by atoms with Crippen molar-refractivity contribution in [3.8, 4) is 11.5 Å². The van der Waals surface area contributed by atoms with Crippen LogP contribution in [0.2, 0.25) is 0 Å². The lowest BCUT2D eigenvalue weighted by Gasteiger charge is -2.12. The van der Waals surface area contributed by atoms with Crippen LogP contribution in [0.25, 0.3) is 0 Å². The van der Waals surface area contributed by atoms with E-state index in [-0.39, 0.29) is 12.4 Å². The molecule has 0 aliphatic carbocycles. The van der Waals surface area contributed by atoms with Gasteiger partial charge in [0.05, 0.1) is 26.4 Å². The Labute approximate surface area is 88.4 Å². The summed E-state index contributed by atoms with van der Waals surface area (Å²) in [6, 6.07) is 3.19. The van der Waals surface area contributed by atoms with Crippen LogP contribution >= 0.6 is 0 Å². The van der Waals surface area contributed by atoms with Crippen molar-refractivity contribution in [2.75, 3.05) is 14.2 Å². The molecule has 0 amide bonds. The first-order chi connectivity index (χ1) is 7.13. The summed E-state index contributed by atoms with van der Waals surface area (Å²) in [6.45, 7) is 1.28. The molecule has 4 nitrogen and oxygen atoms in total. The Morgan fingerprint density at radius 2 is 1.73 bits per heavy atom. The van der Waals surface area contributed by atoms with Crippen molar-refractivity contribution in [2.45, 2.75) is 13.5 Å². The highest BCUT2D eigenvalue weighted by molar-refractivity contribution is 5.95. The number of carbonyl (C=O) groups is 1. The molecule has 0 radical (unpaired) electrons. The van der Waals surface area contributed by atoms with E-state index in [0.29, 0.717) is 22.6 Å². The number of hydrogen-bond donors (Lipinski definition) is 1. The SMILES string of the molecule is COc1cc(C(C)=O)cc(OC)c1CO. The highest BCUT2D eigenvalue weighted by atomic mass is 16.5. The third kappa shape index (κ3) is 2.27. The van der Waals surface area contributed by atoms with Crippen LogP contribution in [-0.2, 0) is 6.61 Å². The van der Waals surface area contributed by atoms with Gasteiger partial charge in [-0.1, -0.05) is 0 Å². The number of ether oxygens (including phenoxy) is 2. The minimum Gasteiger partial charge on any atom is -0.496 e. The molecule has 0 saturated heterocycles. The van der Waals surface area contributed by atoms with Crippen molar-refractivity contribution in [1.82, 2.24) is 0 Å². The number of aliphatic hydroxyl groups excluding tert-OH is 1. The molecule has 0 heterocycles. The van der Waals surface area contributed by atoms with Gasteiger partial charge in [0.1, 0.15) is 11.5 Å². The van der Waals surface area contributed by atoms with Gasteiger partial charge in [-0.3, -0.25) is 4.79 Å². The number of benzene rings is 1. The van der Waals surface area contributed by atoms with E-state index < -0.39 is 0 Å². The van der Waals surface area contributed by atoms with Gasteiger partial charge in [-0.15, -0.1) is 0 Å². The lowest BCUT2D eigenvalue weighted by atomic mass is 10.1. The zero-order valence-corrected chi connectivity index (χ0v) is 9.03. The number of hydrogen-bond acceptors (Lipinski definition) is 4. The monoisotopic (exact) mass is 210 g/mol. The fourth-order valence-corrected chi connectivity index (χ4v) is 1.34. The van der Waals surface area contributed by atoms with Gasteiger partial charge in [-0.05, 0) is 19.1 Å². The maximum atomic E-state index is 11.2. The number of methoxy groups -OCH3 is 2. The van der Waals surface area contributed by atoms with Crippen molar-refractivity contribution in [3.63, 3.8) is 0 Å². The number of aliphatic hydroxyl groups is 1. The molecule has 4 heteroatoms.